The van der Waals surface area contributed by atoms with Crippen LogP contribution in [-0.2, 0) is 4.79 Å². The Hall–Kier alpha value is -3.02. The zero-order valence-corrected chi connectivity index (χ0v) is 11.3. The van der Waals surface area contributed by atoms with Gasteiger partial charge in [-0.15, -0.1) is 0 Å². The molecule has 0 aliphatic carbocycles. The van der Waals surface area contributed by atoms with E-state index in [0.29, 0.717) is 11.3 Å². The van der Waals surface area contributed by atoms with Crippen molar-refractivity contribution >= 4 is 23.4 Å². The van der Waals surface area contributed by atoms with E-state index in [1.807, 2.05) is 6.92 Å². The lowest BCUT2D eigenvalue weighted by atomic mass is 10.2. The molecule has 21 heavy (non-hydrogen) atoms. The molecule has 1 aromatic heterocycles. The molecule has 106 valence electrons. The number of hydrogen-bond acceptors (Lipinski definition) is 4. The second-order valence-electron chi connectivity index (χ2n) is 4.36. The van der Waals surface area contributed by atoms with Gasteiger partial charge in [-0.3, -0.25) is 19.9 Å². The van der Waals surface area contributed by atoms with Gasteiger partial charge in [-0.05, 0) is 42.3 Å². The largest absolute Gasteiger partial charge is 0.321 e. The van der Waals surface area contributed by atoms with Crippen LogP contribution >= 0.6 is 0 Å². The minimum atomic E-state index is -0.467. The molecule has 0 spiro atoms. The number of nitrogens with one attached hydrogen (secondary N) is 1. The van der Waals surface area contributed by atoms with E-state index in [-0.39, 0.29) is 11.6 Å². The average Bonchev–Trinajstić information content (AvgIpc) is 2.48. The fourth-order valence-electron chi connectivity index (χ4n) is 1.65. The Balaban J connectivity index is 2.02. The Bertz CT molecular complexity index is 694. The molecule has 0 bridgehead atoms. The molecule has 0 saturated heterocycles. The Morgan fingerprint density at radius 1 is 1.29 bits per heavy atom. The number of benzene rings is 1. The van der Waals surface area contributed by atoms with Crippen molar-refractivity contribution in [2.45, 2.75) is 6.92 Å². The third-order valence-corrected chi connectivity index (χ3v) is 2.83. The molecule has 0 saturated carbocycles. The third kappa shape index (κ3) is 3.97. The van der Waals surface area contributed by atoms with E-state index in [0.717, 1.165) is 5.56 Å². The van der Waals surface area contributed by atoms with Gasteiger partial charge in [0.15, 0.2) is 0 Å². The van der Waals surface area contributed by atoms with Crippen molar-refractivity contribution in [3.05, 3.63) is 70.0 Å². The van der Waals surface area contributed by atoms with Crippen LogP contribution in [0, 0.1) is 17.0 Å². The summed E-state index contributed by atoms with van der Waals surface area (Å²) >= 11 is 0. The molecule has 6 heteroatoms. The van der Waals surface area contributed by atoms with Crippen LogP contribution in [-0.4, -0.2) is 15.8 Å². The zero-order chi connectivity index (χ0) is 15.2. The molecular weight excluding hydrogens is 270 g/mol. The summed E-state index contributed by atoms with van der Waals surface area (Å²) in [5.74, 6) is -0.288. The molecule has 0 fully saturated rings. The first kappa shape index (κ1) is 14.4. The van der Waals surface area contributed by atoms with Crippen molar-refractivity contribution in [1.82, 2.24) is 4.98 Å². The van der Waals surface area contributed by atoms with E-state index in [9.17, 15) is 14.9 Å². The summed E-state index contributed by atoms with van der Waals surface area (Å²) in [5, 5.41) is 13.2. The van der Waals surface area contributed by atoms with Gasteiger partial charge in [0.25, 0.3) is 5.69 Å². The quantitative estimate of drug-likeness (QED) is 0.531. The molecule has 0 radical (unpaired) electrons. The van der Waals surface area contributed by atoms with Crippen LogP contribution in [0.15, 0.2) is 48.8 Å². The topological polar surface area (TPSA) is 85.1 Å². The van der Waals surface area contributed by atoms with E-state index >= 15 is 0 Å². The summed E-state index contributed by atoms with van der Waals surface area (Å²) in [6.07, 6.45) is 6.18. The molecule has 2 rings (SSSR count). The van der Waals surface area contributed by atoms with Gasteiger partial charge in [0.05, 0.1) is 16.8 Å². The number of anilines is 1. The van der Waals surface area contributed by atoms with E-state index in [1.54, 1.807) is 36.7 Å². The van der Waals surface area contributed by atoms with E-state index < -0.39 is 4.92 Å². The number of carbonyl (C=O) groups is 1. The predicted octanol–water partition coefficient (Wildman–Crippen LogP) is 2.95. The first-order chi connectivity index (χ1) is 10.1. The zero-order valence-electron chi connectivity index (χ0n) is 11.3. The van der Waals surface area contributed by atoms with E-state index in [4.69, 9.17) is 0 Å². The van der Waals surface area contributed by atoms with Gasteiger partial charge in [0.1, 0.15) is 0 Å². The first-order valence-electron chi connectivity index (χ1n) is 6.20. The number of aryl methyl sites for hydroxylation is 1. The first-order valence-corrected chi connectivity index (χ1v) is 6.20. The number of pyridine rings is 1. The SMILES string of the molecule is Cc1ccncc1NC(=O)/C=C/c1ccc([N+](=O)[O-])cc1. The summed E-state index contributed by atoms with van der Waals surface area (Å²) in [5.41, 5.74) is 2.29. The molecule has 0 aliphatic heterocycles. The molecule has 1 amide bonds. The maximum Gasteiger partial charge on any atom is 0.269 e. The number of aromatic nitrogens is 1. The number of non-ortho nitro benzene ring substituents is 1. The summed E-state index contributed by atoms with van der Waals surface area (Å²) < 4.78 is 0. The molecule has 2 aromatic rings. The lowest BCUT2D eigenvalue weighted by Crippen LogP contribution is -2.09. The number of nitro groups is 1. The summed E-state index contributed by atoms with van der Waals surface area (Å²) in [6.45, 7) is 1.87. The number of rotatable bonds is 4. The van der Waals surface area contributed by atoms with Crippen molar-refractivity contribution in [1.29, 1.82) is 0 Å². The van der Waals surface area contributed by atoms with Crippen molar-refractivity contribution in [3.63, 3.8) is 0 Å². The number of amides is 1. The fraction of sp³-hybridized carbons (Fsp3) is 0.0667. The van der Waals surface area contributed by atoms with Crippen molar-refractivity contribution in [3.8, 4) is 0 Å². The minimum absolute atomic E-state index is 0.0163. The van der Waals surface area contributed by atoms with Crippen LogP contribution in [0.4, 0.5) is 11.4 Å². The van der Waals surface area contributed by atoms with E-state index in [2.05, 4.69) is 10.3 Å². The maximum atomic E-state index is 11.8. The molecule has 1 aromatic carbocycles. The molecule has 1 heterocycles. The second kappa shape index (κ2) is 6.42. The number of nitro benzene ring substituents is 1. The number of hydrogen-bond donors (Lipinski definition) is 1. The molecular formula is C15H13N3O3. The summed E-state index contributed by atoms with van der Waals surface area (Å²) in [6, 6.07) is 7.75. The highest BCUT2D eigenvalue weighted by molar-refractivity contribution is 6.02. The van der Waals surface area contributed by atoms with Gasteiger partial charge in [-0.25, -0.2) is 0 Å². The van der Waals surface area contributed by atoms with Gasteiger partial charge in [-0.2, -0.15) is 0 Å². The third-order valence-electron chi connectivity index (χ3n) is 2.83. The molecule has 6 nitrogen and oxygen atoms in total. The normalized spacial score (nSPS) is 10.5. The van der Waals surface area contributed by atoms with Crippen molar-refractivity contribution < 1.29 is 9.72 Å². The standard InChI is InChI=1S/C15H13N3O3/c1-11-8-9-16-10-14(11)17-15(19)7-4-12-2-5-13(6-3-12)18(20)21/h2-10H,1H3,(H,17,19)/b7-4+. The van der Waals surface area contributed by atoms with Crippen LogP contribution in [0.1, 0.15) is 11.1 Å². The Kier molecular flexibility index (Phi) is 4.40. The summed E-state index contributed by atoms with van der Waals surface area (Å²) in [7, 11) is 0. The average molecular weight is 283 g/mol. The Morgan fingerprint density at radius 3 is 2.62 bits per heavy atom. The second-order valence-corrected chi connectivity index (χ2v) is 4.36. The van der Waals surface area contributed by atoms with Gasteiger partial charge in [0.2, 0.25) is 5.91 Å². The smallest absolute Gasteiger partial charge is 0.269 e. The number of carbonyl (C=O) groups excluding carboxylic acids is 1. The van der Waals surface area contributed by atoms with Crippen LogP contribution in [0.25, 0.3) is 6.08 Å². The predicted molar refractivity (Wildman–Crippen MR) is 79.7 cm³/mol. The van der Waals surface area contributed by atoms with E-state index in [1.165, 1.54) is 18.2 Å². The Labute approximate surface area is 121 Å². The lowest BCUT2D eigenvalue weighted by molar-refractivity contribution is -0.384. The lowest BCUT2D eigenvalue weighted by Gasteiger charge is -2.04. The van der Waals surface area contributed by atoms with Gasteiger partial charge >= 0.3 is 0 Å². The molecule has 0 aliphatic rings. The van der Waals surface area contributed by atoms with Crippen LogP contribution in [0.3, 0.4) is 0 Å². The monoisotopic (exact) mass is 283 g/mol. The van der Waals surface area contributed by atoms with Crippen LogP contribution < -0.4 is 5.32 Å². The highest BCUT2D eigenvalue weighted by atomic mass is 16.6. The molecule has 1 N–H and O–H groups in total. The highest BCUT2D eigenvalue weighted by Crippen LogP contribution is 2.14. The summed E-state index contributed by atoms with van der Waals surface area (Å²) in [4.78, 5) is 25.8. The van der Waals surface area contributed by atoms with Crippen LogP contribution in [0.5, 0.6) is 0 Å². The van der Waals surface area contributed by atoms with Crippen molar-refractivity contribution in [2.75, 3.05) is 5.32 Å². The minimum Gasteiger partial charge on any atom is -0.321 e. The van der Waals surface area contributed by atoms with Gasteiger partial charge in [0, 0.05) is 24.4 Å². The van der Waals surface area contributed by atoms with Crippen molar-refractivity contribution in [2.24, 2.45) is 0 Å². The van der Waals surface area contributed by atoms with Gasteiger partial charge in [-0.1, -0.05) is 0 Å². The molecule has 0 unspecified atom stereocenters. The number of nitrogens with zero attached hydrogens (tertiary/aromatic N) is 2. The van der Waals surface area contributed by atoms with Crippen LogP contribution in [0.2, 0.25) is 0 Å². The fourth-order valence-corrected chi connectivity index (χ4v) is 1.65. The highest BCUT2D eigenvalue weighted by Gasteiger charge is 2.03. The molecule has 0 atom stereocenters. The van der Waals surface area contributed by atoms with Gasteiger partial charge < -0.3 is 5.32 Å². The Morgan fingerprint density at radius 2 is 2.00 bits per heavy atom. The maximum absolute atomic E-state index is 11.8.